The van der Waals surface area contributed by atoms with Crippen LogP contribution in [-0.4, -0.2) is 22.4 Å². The van der Waals surface area contributed by atoms with E-state index in [4.69, 9.17) is 0 Å². The van der Waals surface area contributed by atoms with E-state index >= 15 is 0 Å². The van der Waals surface area contributed by atoms with Crippen molar-refractivity contribution in [3.05, 3.63) is 47.3 Å². The summed E-state index contributed by atoms with van der Waals surface area (Å²) in [5.74, 6) is 0. The van der Waals surface area contributed by atoms with Crippen LogP contribution in [0.3, 0.4) is 0 Å². The number of carbonyl (C=O) groups excluding carboxylic acids is 1. The third-order valence-corrected chi connectivity index (χ3v) is 4.80. The lowest BCUT2D eigenvalue weighted by Gasteiger charge is -2.36. The predicted molar refractivity (Wildman–Crippen MR) is 100.0 cm³/mol. The number of urea groups is 1. The molecule has 1 aliphatic rings. The van der Waals surface area contributed by atoms with Crippen LogP contribution in [0.25, 0.3) is 5.69 Å². The second kappa shape index (κ2) is 6.90. The molecule has 0 aliphatic heterocycles. The van der Waals surface area contributed by atoms with Crippen molar-refractivity contribution in [1.29, 1.82) is 0 Å². The van der Waals surface area contributed by atoms with Gasteiger partial charge in [-0.05, 0) is 43.7 Å². The maximum absolute atomic E-state index is 12.2. The molecule has 2 aromatic rings. The lowest BCUT2D eigenvalue weighted by Crippen LogP contribution is -2.42. The van der Waals surface area contributed by atoms with Crippen molar-refractivity contribution >= 4 is 6.03 Å². The molecule has 1 aromatic carbocycles. The first-order chi connectivity index (χ1) is 11.9. The molecular formula is C20H28N4O. The van der Waals surface area contributed by atoms with Crippen LogP contribution in [0, 0.1) is 12.3 Å². The monoisotopic (exact) mass is 340 g/mol. The minimum absolute atomic E-state index is 0.00481. The molecule has 0 fully saturated rings. The second-order valence-corrected chi connectivity index (χ2v) is 7.79. The molecule has 5 heteroatoms. The van der Waals surface area contributed by atoms with Gasteiger partial charge in [0.05, 0.1) is 23.6 Å². The first-order valence-electron chi connectivity index (χ1n) is 9.08. The topological polar surface area (TPSA) is 59.0 Å². The number of hydrogen-bond donors (Lipinski definition) is 2. The van der Waals surface area contributed by atoms with Gasteiger partial charge < -0.3 is 10.6 Å². The van der Waals surface area contributed by atoms with Crippen LogP contribution in [0.15, 0.2) is 30.5 Å². The van der Waals surface area contributed by atoms with Gasteiger partial charge in [0.15, 0.2) is 0 Å². The number of rotatable bonds is 4. The van der Waals surface area contributed by atoms with Crippen LogP contribution >= 0.6 is 0 Å². The summed E-state index contributed by atoms with van der Waals surface area (Å²) in [6.07, 6.45) is 4.71. The van der Waals surface area contributed by atoms with Gasteiger partial charge in [0, 0.05) is 12.1 Å². The second-order valence-electron chi connectivity index (χ2n) is 7.79. The number of hydrogen-bond acceptors (Lipinski definition) is 2. The largest absolute Gasteiger partial charge is 0.338 e. The third-order valence-electron chi connectivity index (χ3n) is 4.80. The van der Waals surface area contributed by atoms with E-state index in [-0.39, 0.29) is 17.5 Å². The summed E-state index contributed by atoms with van der Waals surface area (Å²) in [5, 5.41) is 10.7. The smallest absolute Gasteiger partial charge is 0.315 e. The number of fused-ring (bicyclic) bond motifs is 1. The predicted octanol–water partition coefficient (Wildman–Crippen LogP) is 3.90. The molecule has 0 saturated heterocycles. The molecule has 0 unspecified atom stereocenters. The molecule has 3 rings (SSSR count). The standard InChI is InChI=1S/C20H28N4O/c1-5-10-21-19(25)23-17-11-20(3,4)12-18-16(17)13-22-24(18)15-8-6-14(2)7-9-15/h6-9,13,17H,5,10-12H2,1-4H3,(H2,21,23,25)/t17-/m0/s1. The zero-order valence-corrected chi connectivity index (χ0v) is 15.6. The van der Waals surface area contributed by atoms with Crippen LogP contribution in [0.2, 0.25) is 0 Å². The minimum atomic E-state index is -0.0985. The molecule has 1 atom stereocenters. The Balaban J connectivity index is 1.90. The number of amides is 2. The van der Waals surface area contributed by atoms with Crippen molar-refractivity contribution in [1.82, 2.24) is 20.4 Å². The average molecular weight is 340 g/mol. The minimum Gasteiger partial charge on any atom is -0.338 e. The highest BCUT2D eigenvalue weighted by molar-refractivity contribution is 5.74. The first kappa shape index (κ1) is 17.5. The Morgan fingerprint density at radius 1 is 1.32 bits per heavy atom. The number of aryl methyl sites for hydroxylation is 1. The van der Waals surface area contributed by atoms with E-state index in [1.165, 1.54) is 11.3 Å². The van der Waals surface area contributed by atoms with Gasteiger partial charge in [-0.1, -0.05) is 38.5 Å². The highest BCUT2D eigenvalue weighted by Crippen LogP contribution is 2.41. The van der Waals surface area contributed by atoms with Gasteiger partial charge in [-0.3, -0.25) is 0 Å². The first-order valence-corrected chi connectivity index (χ1v) is 9.08. The van der Waals surface area contributed by atoms with Crippen LogP contribution < -0.4 is 10.6 Å². The number of aromatic nitrogens is 2. The Bertz CT molecular complexity index is 746. The van der Waals surface area contributed by atoms with Gasteiger partial charge in [0.1, 0.15) is 0 Å². The van der Waals surface area contributed by atoms with Crippen molar-refractivity contribution in [2.45, 2.75) is 53.0 Å². The fourth-order valence-electron chi connectivity index (χ4n) is 3.53. The maximum Gasteiger partial charge on any atom is 0.315 e. The molecule has 2 N–H and O–H groups in total. The van der Waals surface area contributed by atoms with Gasteiger partial charge in [-0.25, -0.2) is 9.48 Å². The number of nitrogens with zero attached hydrogens (tertiary/aromatic N) is 2. The Hall–Kier alpha value is -2.30. The molecule has 0 spiro atoms. The quantitative estimate of drug-likeness (QED) is 0.887. The summed E-state index contributed by atoms with van der Waals surface area (Å²) in [4.78, 5) is 12.2. The van der Waals surface area contributed by atoms with Crippen LogP contribution in [0.5, 0.6) is 0 Å². The molecule has 25 heavy (non-hydrogen) atoms. The van der Waals surface area contributed by atoms with E-state index in [0.29, 0.717) is 6.54 Å². The molecule has 5 nitrogen and oxygen atoms in total. The summed E-state index contributed by atoms with van der Waals surface area (Å²) < 4.78 is 2.02. The van der Waals surface area contributed by atoms with Crippen LogP contribution in [0.1, 0.15) is 56.5 Å². The molecular weight excluding hydrogens is 312 g/mol. The lowest BCUT2D eigenvalue weighted by molar-refractivity contribution is 0.221. The summed E-state index contributed by atoms with van der Waals surface area (Å²) in [6.45, 7) is 9.33. The van der Waals surface area contributed by atoms with E-state index in [0.717, 1.165) is 30.5 Å². The number of benzene rings is 1. The highest BCUT2D eigenvalue weighted by Gasteiger charge is 2.35. The van der Waals surface area contributed by atoms with E-state index < -0.39 is 0 Å². The van der Waals surface area contributed by atoms with Crippen LogP contribution in [-0.2, 0) is 6.42 Å². The summed E-state index contributed by atoms with van der Waals surface area (Å²) in [6, 6.07) is 8.30. The highest BCUT2D eigenvalue weighted by atomic mass is 16.2. The summed E-state index contributed by atoms with van der Waals surface area (Å²) in [7, 11) is 0. The Labute approximate surface area is 149 Å². The SMILES string of the molecule is CCCNC(=O)N[C@H]1CC(C)(C)Cc2c1cnn2-c1ccc(C)cc1. The summed E-state index contributed by atoms with van der Waals surface area (Å²) in [5.41, 5.74) is 4.74. The van der Waals surface area contributed by atoms with E-state index in [2.05, 4.69) is 60.8 Å². The molecule has 1 aliphatic carbocycles. The fraction of sp³-hybridized carbons (Fsp3) is 0.500. The zero-order valence-electron chi connectivity index (χ0n) is 15.6. The van der Waals surface area contributed by atoms with Crippen molar-refractivity contribution in [3.8, 4) is 5.69 Å². The van der Waals surface area contributed by atoms with Gasteiger partial charge in [-0.2, -0.15) is 5.10 Å². The summed E-state index contributed by atoms with van der Waals surface area (Å²) >= 11 is 0. The van der Waals surface area contributed by atoms with E-state index in [1.54, 1.807) is 0 Å². The molecule has 1 heterocycles. The average Bonchev–Trinajstić information content (AvgIpc) is 2.96. The Morgan fingerprint density at radius 2 is 2.04 bits per heavy atom. The van der Waals surface area contributed by atoms with Gasteiger partial charge in [0.25, 0.3) is 0 Å². The third kappa shape index (κ3) is 3.86. The molecule has 0 saturated carbocycles. The zero-order chi connectivity index (χ0) is 18.0. The number of nitrogens with one attached hydrogen (secondary N) is 2. The van der Waals surface area contributed by atoms with Crippen molar-refractivity contribution < 1.29 is 4.79 Å². The van der Waals surface area contributed by atoms with Crippen molar-refractivity contribution in [2.75, 3.05) is 6.54 Å². The molecule has 2 amide bonds. The lowest BCUT2D eigenvalue weighted by atomic mass is 9.74. The van der Waals surface area contributed by atoms with Crippen LogP contribution in [0.4, 0.5) is 4.79 Å². The molecule has 0 radical (unpaired) electrons. The van der Waals surface area contributed by atoms with Crippen molar-refractivity contribution in [3.63, 3.8) is 0 Å². The number of carbonyl (C=O) groups is 1. The van der Waals surface area contributed by atoms with Gasteiger partial charge in [0.2, 0.25) is 0 Å². The fourth-order valence-corrected chi connectivity index (χ4v) is 3.53. The molecule has 1 aromatic heterocycles. The van der Waals surface area contributed by atoms with Gasteiger partial charge in [-0.15, -0.1) is 0 Å². The van der Waals surface area contributed by atoms with E-state index in [9.17, 15) is 4.79 Å². The van der Waals surface area contributed by atoms with E-state index in [1.807, 2.05) is 17.8 Å². The maximum atomic E-state index is 12.2. The van der Waals surface area contributed by atoms with Gasteiger partial charge >= 0.3 is 6.03 Å². The van der Waals surface area contributed by atoms with Crippen molar-refractivity contribution in [2.24, 2.45) is 5.41 Å². The molecule has 134 valence electrons. The molecule has 0 bridgehead atoms. The Morgan fingerprint density at radius 3 is 2.72 bits per heavy atom. The Kier molecular flexibility index (Phi) is 4.84. The normalized spacial score (nSPS) is 18.5.